The fourth-order valence-corrected chi connectivity index (χ4v) is 3.07. The van der Waals surface area contributed by atoms with Crippen LogP contribution in [0.5, 0.6) is 5.75 Å². The SMILES string of the molecule is COc1cccc(C(=O)CC(=O)c2nc(Br)n(COCCS(C)(C)C)n2)c1. The second-order valence-corrected chi connectivity index (χ2v) is 12.1. The van der Waals surface area contributed by atoms with E-state index in [1.54, 1.807) is 24.3 Å². The zero-order valence-corrected chi connectivity index (χ0v) is 18.3. The third kappa shape index (κ3) is 6.75. The number of aromatic nitrogens is 3. The van der Waals surface area contributed by atoms with E-state index in [0.29, 0.717) is 22.7 Å². The van der Waals surface area contributed by atoms with Gasteiger partial charge in [-0.05, 0) is 46.8 Å². The van der Waals surface area contributed by atoms with Crippen LogP contribution < -0.4 is 4.74 Å². The Morgan fingerprint density at radius 2 is 1.96 bits per heavy atom. The van der Waals surface area contributed by atoms with Gasteiger partial charge in [-0.25, -0.2) is 14.7 Å². The molecule has 1 heterocycles. The molecule has 0 saturated heterocycles. The lowest BCUT2D eigenvalue weighted by molar-refractivity contribution is 0.0781. The van der Waals surface area contributed by atoms with E-state index in [1.807, 2.05) is 0 Å². The first-order valence-corrected chi connectivity index (χ1v) is 12.1. The van der Waals surface area contributed by atoms with Crippen molar-refractivity contribution in [3.8, 4) is 5.75 Å². The largest absolute Gasteiger partial charge is 0.497 e. The third-order valence-electron chi connectivity index (χ3n) is 3.64. The molecular weight excluding hydrogens is 434 g/mol. The first-order valence-electron chi connectivity index (χ1n) is 8.24. The highest BCUT2D eigenvalue weighted by Gasteiger charge is 2.19. The van der Waals surface area contributed by atoms with Gasteiger partial charge in [-0.1, -0.05) is 12.1 Å². The summed E-state index contributed by atoms with van der Waals surface area (Å²) in [4.78, 5) is 28.8. The summed E-state index contributed by atoms with van der Waals surface area (Å²) in [6.45, 7) is 0.808. The molecule has 148 valence electrons. The van der Waals surface area contributed by atoms with Gasteiger partial charge >= 0.3 is 0 Å². The minimum Gasteiger partial charge on any atom is -0.497 e. The van der Waals surface area contributed by atoms with Gasteiger partial charge in [0.2, 0.25) is 11.6 Å². The van der Waals surface area contributed by atoms with E-state index in [-0.39, 0.29) is 24.8 Å². The number of carbonyl (C=O) groups excluding carboxylic acids is 2. The predicted molar refractivity (Wildman–Crippen MR) is 110 cm³/mol. The van der Waals surface area contributed by atoms with E-state index in [2.05, 4.69) is 44.8 Å². The fraction of sp³-hybridized carbons (Fsp3) is 0.444. The molecule has 2 rings (SSSR count). The van der Waals surface area contributed by atoms with E-state index in [1.165, 1.54) is 11.8 Å². The Balaban J connectivity index is 1.95. The maximum atomic E-state index is 12.4. The molecule has 0 radical (unpaired) electrons. The van der Waals surface area contributed by atoms with Crippen LogP contribution in [-0.4, -0.2) is 64.6 Å². The zero-order valence-electron chi connectivity index (χ0n) is 15.9. The van der Waals surface area contributed by atoms with Crippen molar-refractivity contribution >= 4 is 37.5 Å². The minimum absolute atomic E-state index is 0.0110. The van der Waals surface area contributed by atoms with Crippen LogP contribution in [-0.2, 0) is 11.5 Å². The molecule has 0 aliphatic heterocycles. The van der Waals surface area contributed by atoms with Crippen molar-refractivity contribution in [3.63, 3.8) is 0 Å². The summed E-state index contributed by atoms with van der Waals surface area (Å²) in [5.74, 6) is 0.785. The first kappa shape index (κ1) is 21.6. The molecule has 9 heteroatoms. The number of Topliss-reactive ketones (excluding diaryl/α,β-unsaturated/α-hetero) is 2. The van der Waals surface area contributed by atoms with Crippen molar-refractivity contribution in [2.45, 2.75) is 13.2 Å². The number of methoxy groups -OCH3 is 1. The van der Waals surface area contributed by atoms with Gasteiger partial charge in [0.15, 0.2) is 10.5 Å². The van der Waals surface area contributed by atoms with Gasteiger partial charge in [0.1, 0.15) is 12.5 Å². The third-order valence-corrected chi connectivity index (χ3v) is 5.62. The standard InChI is InChI=1S/C18H24BrN3O4S/c1-25-14-7-5-6-13(10-14)15(23)11-16(24)17-20-18(19)22(21-17)12-26-8-9-27(2,3)4/h5-7,10H,8-9,11-12H2,1-4H3. The van der Waals surface area contributed by atoms with Crippen LogP contribution in [0.15, 0.2) is 29.0 Å². The minimum atomic E-state index is -0.624. The van der Waals surface area contributed by atoms with Gasteiger partial charge in [-0.2, -0.15) is 4.98 Å². The van der Waals surface area contributed by atoms with Gasteiger partial charge in [-0.3, -0.25) is 9.59 Å². The monoisotopic (exact) mass is 457 g/mol. The van der Waals surface area contributed by atoms with Crippen LogP contribution in [0.1, 0.15) is 27.4 Å². The average Bonchev–Trinajstić information content (AvgIpc) is 2.99. The smallest absolute Gasteiger partial charge is 0.218 e. The molecule has 0 spiro atoms. The summed E-state index contributed by atoms with van der Waals surface area (Å²) in [5.41, 5.74) is 0.411. The lowest BCUT2D eigenvalue weighted by atomic mass is 10.1. The molecule has 0 N–H and O–H groups in total. The second kappa shape index (κ2) is 9.48. The molecule has 0 bridgehead atoms. The van der Waals surface area contributed by atoms with E-state index in [4.69, 9.17) is 9.47 Å². The quantitative estimate of drug-likeness (QED) is 0.309. The number of halogens is 1. The Bertz CT molecular complexity index is 817. The molecule has 0 aliphatic carbocycles. The summed E-state index contributed by atoms with van der Waals surface area (Å²) >= 11 is 3.27. The van der Waals surface area contributed by atoms with Crippen molar-refractivity contribution in [2.75, 3.05) is 38.2 Å². The van der Waals surface area contributed by atoms with Crippen LogP contribution in [0.2, 0.25) is 0 Å². The molecule has 0 amide bonds. The van der Waals surface area contributed by atoms with Gasteiger partial charge in [0.05, 0.1) is 20.1 Å². The Hall–Kier alpha value is -1.71. The molecule has 1 aromatic carbocycles. The van der Waals surface area contributed by atoms with Crippen LogP contribution in [0, 0.1) is 0 Å². The Kier molecular flexibility index (Phi) is 7.58. The van der Waals surface area contributed by atoms with Crippen LogP contribution in [0.3, 0.4) is 0 Å². The van der Waals surface area contributed by atoms with Gasteiger partial charge < -0.3 is 9.47 Å². The predicted octanol–water partition coefficient (Wildman–Crippen LogP) is 3.17. The highest BCUT2D eigenvalue weighted by atomic mass is 79.9. The fourth-order valence-electron chi connectivity index (χ4n) is 2.11. The normalized spacial score (nSPS) is 12.0. The van der Waals surface area contributed by atoms with Crippen molar-refractivity contribution in [1.29, 1.82) is 0 Å². The molecule has 27 heavy (non-hydrogen) atoms. The van der Waals surface area contributed by atoms with Crippen molar-refractivity contribution in [3.05, 3.63) is 40.4 Å². The number of rotatable bonds is 10. The number of ether oxygens (including phenoxy) is 2. The molecule has 0 unspecified atom stereocenters. The number of hydrogen-bond donors (Lipinski definition) is 0. The molecular formula is C18H24BrN3O4S. The topological polar surface area (TPSA) is 83.3 Å². The summed E-state index contributed by atoms with van der Waals surface area (Å²) in [7, 11) is 0.897. The molecule has 1 aromatic heterocycles. The van der Waals surface area contributed by atoms with Crippen LogP contribution in [0.25, 0.3) is 0 Å². The Morgan fingerprint density at radius 1 is 1.22 bits per heavy atom. The molecule has 0 fully saturated rings. The van der Waals surface area contributed by atoms with E-state index >= 15 is 0 Å². The lowest BCUT2D eigenvalue weighted by Crippen LogP contribution is -2.13. The zero-order chi connectivity index (χ0) is 20.0. The van der Waals surface area contributed by atoms with Crippen molar-refractivity contribution in [1.82, 2.24) is 14.8 Å². The maximum Gasteiger partial charge on any atom is 0.218 e. The second-order valence-electron chi connectivity index (χ2n) is 6.79. The lowest BCUT2D eigenvalue weighted by Gasteiger charge is -2.24. The summed E-state index contributed by atoms with van der Waals surface area (Å²) in [6.07, 6.45) is 6.35. The number of nitrogens with zero attached hydrogens (tertiary/aromatic N) is 3. The molecule has 0 atom stereocenters. The van der Waals surface area contributed by atoms with Crippen molar-refractivity contribution < 1.29 is 19.1 Å². The van der Waals surface area contributed by atoms with Gasteiger partial charge in [0.25, 0.3) is 0 Å². The number of carbonyl (C=O) groups is 2. The summed E-state index contributed by atoms with van der Waals surface area (Å²) < 4.78 is 12.6. The maximum absolute atomic E-state index is 12.4. The summed E-state index contributed by atoms with van der Waals surface area (Å²) in [5, 5.41) is 4.14. The molecule has 0 saturated carbocycles. The number of ketones is 2. The van der Waals surface area contributed by atoms with Gasteiger partial charge in [0, 0.05) is 11.3 Å². The Labute approximate surface area is 168 Å². The van der Waals surface area contributed by atoms with Crippen LogP contribution >= 0.6 is 26.0 Å². The highest BCUT2D eigenvalue weighted by Crippen LogP contribution is 2.33. The van der Waals surface area contributed by atoms with Crippen molar-refractivity contribution in [2.24, 2.45) is 0 Å². The van der Waals surface area contributed by atoms with E-state index < -0.39 is 15.8 Å². The van der Waals surface area contributed by atoms with Crippen LogP contribution in [0.4, 0.5) is 0 Å². The van der Waals surface area contributed by atoms with E-state index in [0.717, 1.165) is 5.75 Å². The van der Waals surface area contributed by atoms with E-state index in [9.17, 15) is 9.59 Å². The number of hydrogen-bond acceptors (Lipinski definition) is 6. The first-order chi connectivity index (χ1) is 12.7. The highest BCUT2D eigenvalue weighted by molar-refractivity contribution is 9.10. The summed E-state index contributed by atoms with van der Waals surface area (Å²) in [6, 6.07) is 6.69. The molecule has 7 nitrogen and oxygen atoms in total. The molecule has 0 aliphatic rings. The number of benzene rings is 1. The van der Waals surface area contributed by atoms with Gasteiger partial charge in [-0.15, -0.1) is 5.10 Å². The average molecular weight is 458 g/mol. The Morgan fingerprint density at radius 3 is 2.63 bits per heavy atom. The molecule has 2 aromatic rings.